The number of amides is 1. The predicted molar refractivity (Wildman–Crippen MR) is 81.4 cm³/mol. The van der Waals surface area contributed by atoms with Gasteiger partial charge < -0.3 is 4.90 Å². The van der Waals surface area contributed by atoms with Crippen molar-refractivity contribution in [1.82, 2.24) is 5.43 Å². The molecule has 0 fully saturated rings. The third-order valence-corrected chi connectivity index (χ3v) is 3.28. The fraction of sp³-hybridized carbons (Fsp3) is 0.188. The number of benzene rings is 2. The van der Waals surface area contributed by atoms with Crippen LogP contribution in [0.3, 0.4) is 0 Å². The molecule has 0 bridgehead atoms. The van der Waals surface area contributed by atoms with Crippen molar-refractivity contribution in [3.63, 3.8) is 0 Å². The molecule has 2 aromatic carbocycles. The van der Waals surface area contributed by atoms with E-state index in [9.17, 15) is 4.79 Å². The summed E-state index contributed by atoms with van der Waals surface area (Å²) in [5, 5.41) is 0. The third-order valence-electron chi connectivity index (χ3n) is 3.28. The monoisotopic (exact) mass is 269 g/mol. The Morgan fingerprint density at radius 2 is 1.80 bits per heavy atom. The Balaban J connectivity index is 2.21. The van der Waals surface area contributed by atoms with Crippen molar-refractivity contribution in [3.8, 4) is 0 Å². The maximum Gasteiger partial charge on any atom is 0.265 e. The Morgan fingerprint density at radius 3 is 2.45 bits per heavy atom. The Bertz CT molecular complexity index is 593. The molecule has 0 atom stereocenters. The van der Waals surface area contributed by atoms with Crippen LogP contribution < -0.4 is 16.2 Å². The van der Waals surface area contributed by atoms with Gasteiger partial charge in [-0.05, 0) is 30.7 Å². The van der Waals surface area contributed by atoms with Crippen LogP contribution in [-0.2, 0) is 6.54 Å². The first-order valence-electron chi connectivity index (χ1n) is 6.48. The average molecular weight is 269 g/mol. The van der Waals surface area contributed by atoms with Crippen molar-refractivity contribution in [2.75, 3.05) is 11.9 Å². The molecule has 0 aliphatic heterocycles. The molecular weight excluding hydrogens is 250 g/mol. The van der Waals surface area contributed by atoms with Gasteiger partial charge in [0.1, 0.15) is 0 Å². The van der Waals surface area contributed by atoms with Gasteiger partial charge in [-0.3, -0.25) is 10.2 Å². The van der Waals surface area contributed by atoms with E-state index in [1.807, 2.05) is 25.2 Å². The number of hydrogen-bond acceptors (Lipinski definition) is 3. The highest BCUT2D eigenvalue weighted by atomic mass is 16.2. The lowest BCUT2D eigenvalue weighted by Crippen LogP contribution is -2.31. The molecular formula is C16H19N3O. The van der Waals surface area contributed by atoms with E-state index in [1.54, 1.807) is 6.07 Å². The van der Waals surface area contributed by atoms with Gasteiger partial charge in [0, 0.05) is 24.8 Å². The highest BCUT2D eigenvalue weighted by Crippen LogP contribution is 2.18. The first-order valence-corrected chi connectivity index (χ1v) is 6.48. The smallest absolute Gasteiger partial charge is 0.265 e. The summed E-state index contributed by atoms with van der Waals surface area (Å²) >= 11 is 0. The number of anilines is 1. The van der Waals surface area contributed by atoms with Gasteiger partial charge in [0.05, 0.1) is 0 Å². The molecule has 0 spiro atoms. The molecule has 0 unspecified atom stereocenters. The summed E-state index contributed by atoms with van der Waals surface area (Å²) in [7, 11) is 2.00. The predicted octanol–water partition coefficient (Wildman–Crippen LogP) is 2.23. The van der Waals surface area contributed by atoms with Gasteiger partial charge in [-0.15, -0.1) is 0 Å². The van der Waals surface area contributed by atoms with Gasteiger partial charge in [0.25, 0.3) is 5.91 Å². The van der Waals surface area contributed by atoms with Crippen molar-refractivity contribution in [2.45, 2.75) is 13.5 Å². The van der Waals surface area contributed by atoms with Gasteiger partial charge in [0.2, 0.25) is 0 Å². The minimum atomic E-state index is -0.266. The Kier molecular flexibility index (Phi) is 4.38. The summed E-state index contributed by atoms with van der Waals surface area (Å²) in [6.07, 6.45) is 0. The van der Waals surface area contributed by atoms with E-state index in [0.29, 0.717) is 12.1 Å². The van der Waals surface area contributed by atoms with Crippen LogP contribution in [0.15, 0.2) is 48.5 Å². The maximum absolute atomic E-state index is 11.7. The number of rotatable bonds is 4. The van der Waals surface area contributed by atoms with Crippen LogP contribution in [0.4, 0.5) is 5.69 Å². The SMILES string of the molecule is Cc1ccc(N(C)Cc2ccccc2C(=O)NN)cc1. The number of nitrogen functional groups attached to an aromatic ring is 1. The number of aryl methyl sites for hydroxylation is 1. The van der Waals surface area contributed by atoms with Gasteiger partial charge in [-0.2, -0.15) is 0 Å². The van der Waals surface area contributed by atoms with Crippen molar-refractivity contribution in [2.24, 2.45) is 5.84 Å². The molecule has 3 N–H and O–H groups in total. The zero-order valence-corrected chi connectivity index (χ0v) is 11.8. The Morgan fingerprint density at radius 1 is 1.15 bits per heavy atom. The second kappa shape index (κ2) is 6.21. The molecule has 4 heteroatoms. The molecule has 2 aromatic rings. The van der Waals surface area contributed by atoms with Crippen LogP contribution in [0.2, 0.25) is 0 Å². The summed E-state index contributed by atoms with van der Waals surface area (Å²) in [5.74, 6) is 4.95. The molecule has 0 radical (unpaired) electrons. The van der Waals surface area contributed by atoms with E-state index < -0.39 is 0 Å². The van der Waals surface area contributed by atoms with Crippen LogP contribution in [0.5, 0.6) is 0 Å². The second-order valence-corrected chi connectivity index (χ2v) is 4.82. The number of carbonyl (C=O) groups is 1. The summed E-state index contributed by atoms with van der Waals surface area (Å²) in [6, 6.07) is 15.8. The van der Waals surface area contributed by atoms with Crippen LogP contribution in [-0.4, -0.2) is 13.0 Å². The van der Waals surface area contributed by atoms with Crippen molar-refractivity contribution in [3.05, 3.63) is 65.2 Å². The number of nitrogens with two attached hydrogens (primary N) is 1. The largest absolute Gasteiger partial charge is 0.370 e. The van der Waals surface area contributed by atoms with Crippen LogP contribution in [0.1, 0.15) is 21.5 Å². The zero-order valence-electron chi connectivity index (χ0n) is 11.8. The number of hydrogen-bond donors (Lipinski definition) is 2. The third kappa shape index (κ3) is 3.16. The lowest BCUT2D eigenvalue weighted by Gasteiger charge is -2.21. The molecule has 20 heavy (non-hydrogen) atoms. The maximum atomic E-state index is 11.7. The zero-order chi connectivity index (χ0) is 14.5. The number of hydrazine groups is 1. The van der Waals surface area contributed by atoms with Crippen LogP contribution in [0.25, 0.3) is 0 Å². The van der Waals surface area contributed by atoms with Crippen LogP contribution in [0, 0.1) is 6.92 Å². The molecule has 1 amide bonds. The van der Waals surface area contributed by atoms with Gasteiger partial charge in [-0.1, -0.05) is 35.9 Å². The first-order chi connectivity index (χ1) is 9.61. The topological polar surface area (TPSA) is 58.4 Å². The average Bonchev–Trinajstić information content (AvgIpc) is 2.47. The molecule has 0 aromatic heterocycles. The lowest BCUT2D eigenvalue weighted by molar-refractivity contribution is 0.0952. The van der Waals surface area contributed by atoms with Crippen LogP contribution >= 0.6 is 0 Å². The van der Waals surface area contributed by atoms with E-state index >= 15 is 0 Å². The number of carbonyl (C=O) groups excluding carboxylic acids is 1. The Hall–Kier alpha value is -2.33. The van der Waals surface area contributed by atoms with E-state index in [4.69, 9.17) is 5.84 Å². The highest BCUT2D eigenvalue weighted by molar-refractivity contribution is 5.95. The molecule has 0 heterocycles. The summed E-state index contributed by atoms with van der Waals surface area (Å²) < 4.78 is 0. The van der Waals surface area contributed by atoms with E-state index in [-0.39, 0.29) is 5.91 Å². The van der Waals surface area contributed by atoms with Gasteiger partial charge >= 0.3 is 0 Å². The summed E-state index contributed by atoms with van der Waals surface area (Å²) in [6.45, 7) is 2.71. The van der Waals surface area contributed by atoms with E-state index in [0.717, 1.165) is 11.3 Å². The normalized spacial score (nSPS) is 10.2. The highest BCUT2D eigenvalue weighted by Gasteiger charge is 2.11. The quantitative estimate of drug-likeness (QED) is 0.508. The minimum Gasteiger partial charge on any atom is -0.370 e. The fourth-order valence-electron chi connectivity index (χ4n) is 2.10. The van der Waals surface area contributed by atoms with E-state index in [2.05, 4.69) is 41.5 Å². The molecule has 0 saturated carbocycles. The molecule has 0 aliphatic rings. The van der Waals surface area contributed by atoms with Crippen molar-refractivity contribution >= 4 is 11.6 Å². The molecule has 104 valence electrons. The Labute approximate surface area is 119 Å². The summed E-state index contributed by atoms with van der Waals surface area (Å²) in [4.78, 5) is 13.8. The first kappa shape index (κ1) is 14.1. The van der Waals surface area contributed by atoms with Gasteiger partial charge in [-0.25, -0.2) is 5.84 Å². The minimum absolute atomic E-state index is 0.266. The standard InChI is InChI=1S/C16H19N3O/c1-12-7-9-14(10-8-12)19(2)11-13-5-3-4-6-15(13)16(20)18-17/h3-10H,11,17H2,1-2H3,(H,18,20). The fourth-order valence-corrected chi connectivity index (χ4v) is 2.10. The molecule has 0 aliphatic carbocycles. The van der Waals surface area contributed by atoms with Gasteiger partial charge in [0.15, 0.2) is 0 Å². The number of nitrogens with zero attached hydrogens (tertiary/aromatic N) is 1. The second-order valence-electron chi connectivity index (χ2n) is 4.82. The van der Waals surface area contributed by atoms with E-state index in [1.165, 1.54) is 5.56 Å². The molecule has 4 nitrogen and oxygen atoms in total. The van der Waals surface area contributed by atoms with Crippen molar-refractivity contribution < 1.29 is 4.79 Å². The molecule has 0 saturated heterocycles. The molecule has 2 rings (SSSR count). The van der Waals surface area contributed by atoms with Crippen molar-refractivity contribution in [1.29, 1.82) is 0 Å². The lowest BCUT2D eigenvalue weighted by atomic mass is 10.1. The number of nitrogens with one attached hydrogen (secondary N) is 1. The summed E-state index contributed by atoms with van der Waals surface area (Å²) in [5.41, 5.74) is 6.07.